The van der Waals surface area contributed by atoms with E-state index in [2.05, 4.69) is 20.4 Å². The molecule has 114 valence electrons. The van der Waals surface area contributed by atoms with E-state index in [1.165, 1.54) is 0 Å². The molecule has 0 bridgehead atoms. The molecule has 1 N–H and O–H groups in total. The van der Waals surface area contributed by atoms with Gasteiger partial charge < -0.3 is 10.1 Å². The lowest BCUT2D eigenvalue weighted by atomic mass is 10.2. The van der Waals surface area contributed by atoms with Crippen molar-refractivity contribution in [2.75, 3.05) is 19.0 Å². The lowest BCUT2D eigenvalue weighted by molar-refractivity contribution is 0.185. The first-order valence-electron chi connectivity index (χ1n) is 7.18. The second-order valence-corrected chi connectivity index (χ2v) is 5.25. The van der Waals surface area contributed by atoms with Gasteiger partial charge in [0.2, 0.25) is 0 Å². The fraction of sp³-hybridized carbons (Fsp3) is 0.312. The highest BCUT2D eigenvalue weighted by atomic mass is 16.5. The van der Waals surface area contributed by atoms with E-state index in [1.807, 2.05) is 48.7 Å². The summed E-state index contributed by atoms with van der Waals surface area (Å²) in [5.41, 5.74) is 3.63. The van der Waals surface area contributed by atoms with E-state index in [-0.39, 0.29) is 6.04 Å². The molecule has 6 nitrogen and oxygen atoms in total. The first kappa shape index (κ1) is 14.5. The van der Waals surface area contributed by atoms with Gasteiger partial charge in [0.15, 0.2) is 5.65 Å². The van der Waals surface area contributed by atoms with Crippen LogP contribution in [0, 0.1) is 13.8 Å². The highest BCUT2D eigenvalue weighted by Crippen LogP contribution is 2.20. The summed E-state index contributed by atoms with van der Waals surface area (Å²) in [7, 11) is 1.68. The van der Waals surface area contributed by atoms with Crippen molar-refractivity contribution in [3.63, 3.8) is 0 Å². The number of pyridine rings is 1. The Labute approximate surface area is 129 Å². The van der Waals surface area contributed by atoms with Crippen LogP contribution < -0.4 is 5.32 Å². The average Bonchev–Trinajstić information content (AvgIpc) is 2.88. The minimum absolute atomic E-state index is 0.0549. The van der Waals surface area contributed by atoms with E-state index >= 15 is 0 Å². The van der Waals surface area contributed by atoms with E-state index in [9.17, 15) is 0 Å². The Morgan fingerprint density at radius 3 is 2.82 bits per heavy atom. The number of methoxy groups -OCH3 is 1. The van der Waals surface area contributed by atoms with E-state index in [4.69, 9.17) is 4.74 Å². The number of aryl methyl sites for hydroxylation is 2. The molecule has 3 heterocycles. The van der Waals surface area contributed by atoms with Gasteiger partial charge in [-0.1, -0.05) is 6.07 Å². The summed E-state index contributed by atoms with van der Waals surface area (Å²) in [6, 6.07) is 9.74. The van der Waals surface area contributed by atoms with Crippen LogP contribution in [0.4, 0.5) is 5.82 Å². The van der Waals surface area contributed by atoms with Gasteiger partial charge in [-0.2, -0.15) is 9.61 Å². The van der Waals surface area contributed by atoms with Gasteiger partial charge in [-0.3, -0.25) is 4.98 Å². The molecule has 0 aliphatic heterocycles. The average molecular weight is 297 g/mol. The number of rotatable bonds is 5. The highest BCUT2D eigenvalue weighted by Gasteiger charge is 2.15. The molecule has 0 spiro atoms. The molecule has 3 aromatic heterocycles. The molecule has 6 heteroatoms. The summed E-state index contributed by atoms with van der Waals surface area (Å²) >= 11 is 0. The van der Waals surface area contributed by atoms with Crippen LogP contribution in [0.1, 0.15) is 23.1 Å². The lowest BCUT2D eigenvalue weighted by Gasteiger charge is -2.19. The molecule has 3 aromatic rings. The summed E-state index contributed by atoms with van der Waals surface area (Å²) in [4.78, 5) is 8.91. The second kappa shape index (κ2) is 6.11. The Morgan fingerprint density at radius 2 is 2.09 bits per heavy atom. The summed E-state index contributed by atoms with van der Waals surface area (Å²) in [6.07, 6.45) is 1.78. The van der Waals surface area contributed by atoms with Crippen molar-refractivity contribution in [3.8, 4) is 0 Å². The van der Waals surface area contributed by atoms with Gasteiger partial charge in [-0.25, -0.2) is 4.98 Å². The Morgan fingerprint density at radius 1 is 1.23 bits per heavy atom. The first-order chi connectivity index (χ1) is 10.7. The van der Waals surface area contributed by atoms with Gasteiger partial charge in [0.25, 0.3) is 0 Å². The van der Waals surface area contributed by atoms with Gasteiger partial charge >= 0.3 is 0 Å². The van der Waals surface area contributed by atoms with Crippen LogP contribution in [0.3, 0.4) is 0 Å². The summed E-state index contributed by atoms with van der Waals surface area (Å²) in [5, 5.41) is 7.96. The monoisotopic (exact) mass is 297 g/mol. The summed E-state index contributed by atoms with van der Waals surface area (Å²) < 4.78 is 7.14. The van der Waals surface area contributed by atoms with Gasteiger partial charge in [-0.05, 0) is 26.0 Å². The molecule has 0 saturated heterocycles. The number of nitrogens with zero attached hydrogens (tertiary/aromatic N) is 4. The lowest BCUT2D eigenvalue weighted by Crippen LogP contribution is -2.19. The molecule has 3 rings (SSSR count). The fourth-order valence-electron chi connectivity index (χ4n) is 2.45. The maximum absolute atomic E-state index is 5.33. The van der Waals surface area contributed by atoms with Crippen molar-refractivity contribution in [1.29, 1.82) is 0 Å². The van der Waals surface area contributed by atoms with Crippen molar-refractivity contribution in [1.82, 2.24) is 19.6 Å². The topological polar surface area (TPSA) is 64.3 Å². The van der Waals surface area contributed by atoms with Crippen LogP contribution in [0.2, 0.25) is 0 Å². The van der Waals surface area contributed by atoms with Crippen LogP contribution in [-0.2, 0) is 4.74 Å². The smallest absolute Gasteiger partial charge is 0.157 e. The molecule has 0 amide bonds. The standard InChI is InChI=1S/C16H19N5O/c1-11-8-16(21-15(18-11)9-12(2)20-21)19-14(10-22-3)13-6-4-5-7-17-13/h4-9,14,19H,10H2,1-3H3/t14-/m0/s1. The van der Waals surface area contributed by atoms with Crippen molar-refractivity contribution in [3.05, 3.63) is 53.6 Å². The molecule has 0 aliphatic rings. The van der Waals surface area contributed by atoms with E-state index in [0.29, 0.717) is 6.61 Å². The first-order valence-corrected chi connectivity index (χ1v) is 7.18. The normalized spacial score (nSPS) is 12.5. The quantitative estimate of drug-likeness (QED) is 0.784. The van der Waals surface area contributed by atoms with Gasteiger partial charge in [0.1, 0.15) is 5.82 Å². The number of hydrogen-bond donors (Lipinski definition) is 1. The molecule has 0 saturated carbocycles. The molecule has 0 fully saturated rings. The fourth-order valence-corrected chi connectivity index (χ4v) is 2.45. The van der Waals surface area contributed by atoms with Crippen LogP contribution in [0.25, 0.3) is 5.65 Å². The molecule has 1 atom stereocenters. The SMILES string of the molecule is COC[C@H](Nc1cc(C)nc2cc(C)nn12)c1ccccn1. The van der Waals surface area contributed by atoms with Gasteiger partial charge in [0, 0.05) is 31.1 Å². The van der Waals surface area contributed by atoms with E-state index in [0.717, 1.165) is 28.5 Å². The summed E-state index contributed by atoms with van der Waals surface area (Å²) in [6.45, 7) is 4.44. The minimum Gasteiger partial charge on any atom is -0.382 e. The molecule has 22 heavy (non-hydrogen) atoms. The zero-order valence-corrected chi connectivity index (χ0v) is 12.9. The van der Waals surface area contributed by atoms with Gasteiger partial charge in [-0.15, -0.1) is 0 Å². The number of fused-ring (bicyclic) bond motifs is 1. The van der Waals surface area contributed by atoms with E-state index < -0.39 is 0 Å². The predicted octanol–water partition coefficient (Wildman–Crippen LogP) is 2.54. The van der Waals surface area contributed by atoms with Gasteiger partial charge in [0.05, 0.1) is 24.0 Å². The minimum atomic E-state index is -0.0549. The van der Waals surface area contributed by atoms with Crippen LogP contribution in [-0.4, -0.2) is 33.3 Å². The molecule has 0 radical (unpaired) electrons. The van der Waals surface area contributed by atoms with Crippen LogP contribution >= 0.6 is 0 Å². The number of nitrogens with one attached hydrogen (secondary N) is 1. The maximum Gasteiger partial charge on any atom is 0.157 e. The Kier molecular flexibility index (Phi) is 4.02. The third kappa shape index (κ3) is 2.92. The van der Waals surface area contributed by atoms with Crippen LogP contribution in [0.15, 0.2) is 36.5 Å². The molecular weight excluding hydrogens is 278 g/mol. The Balaban J connectivity index is 1.99. The maximum atomic E-state index is 5.33. The molecule has 0 aliphatic carbocycles. The third-order valence-electron chi connectivity index (χ3n) is 3.38. The Bertz CT molecular complexity index is 769. The Hall–Kier alpha value is -2.47. The largest absolute Gasteiger partial charge is 0.382 e. The number of aromatic nitrogens is 4. The molecular formula is C16H19N5O. The van der Waals surface area contributed by atoms with Crippen molar-refractivity contribution >= 4 is 11.5 Å². The zero-order chi connectivity index (χ0) is 15.5. The van der Waals surface area contributed by atoms with E-state index in [1.54, 1.807) is 13.3 Å². The number of anilines is 1. The number of hydrogen-bond acceptors (Lipinski definition) is 5. The number of ether oxygens (including phenoxy) is 1. The molecule has 0 unspecified atom stereocenters. The predicted molar refractivity (Wildman–Crippen MR) is 84.9 cm³/mol. The van der Waals surface area contributed by atoms with Crippen molar-refractivity contribution in [2.45, 2.75) is 19.9 Å². The van der Waals surface area contributed by atoms with Crippen molar-refractivity contribution in [2.24, 2.45) is 0 Å². The summed E-state index contributed by atoms with van der Waals surface area (Å²) in [5.74, 6) is 0.878. The highest BCUT2D eigenvalue weighted by molar-refractivity contribution is 5.51. The molecule has 0 aromatic carbocycles. The van der Waals surface area contributed by atoms with Crippen LogP contribution in [0.5, 0.6) is 0 Å². The van der Waals surface area contributed by atoms with Crippen molar-refractivity contribution < 1.29 is 4.74 Å². The third-order valence-corrected chi connectivity index (χ3v) is 3.38. The second-order valence-electron chi connectivity index (χ2n) is 5.25. The zero-order valence-electron chi connectivity index (χ0n) is 12.9.